The molecule has 7 nitrogen and oxygen atoms in total. The predicted octanol–water partition coefficient (Wildman–Crippen LogP) is 5.31. The molecule has 2 bridgehead atoms. The number of halogens is 2. The number of rotatable bonds is 11. The van der Waals surface area contributed by atoms with Crippen LogP contribution < -0.4 is 9.80 Å². The molecule has 7 atom stereocenters. The first-order valence-corrected chi connectivity index (χ1v) is 16.3. The Kier molecular flexibility index (Phi) is 9.23. The van der Waals surface area contributed by atoms with E-state index < -0.39 is 28.7 Å². The molecule has 3 amide bonds. The summed E-state index contributed by atoms with van der Waals surface area (Å²) in [4.78, 5) is 48.5. The van der Waals surface area contributed by atoms with E-state index in [0.29, 0.717) is 30.1 Å². The lowest BCUT2D eigenvalue weighted by Gasteiger charge is -2.40. The molecule has 3 aliphatic rings. The number of nitrogens with zero attached hydrogens (tertiary/aromatic N) is 3. The Morgan fingerprint density at radius 1 is 1.10 bits per heavy atom. The summed E-state index contributed by atoms with van der Waals surface area (Å²) in [5.41, 5.74) is 1.36. The van der Waals surface area contributed by atoms with Crippen LogP contribution in [-0.2, 0) is 14.4 Å². The van der Waals surface area contributed by atoms with Gasteiger partial charge in [-0.25, -0.2) is 0 Å². The maximum Gasteiger partial charge on any atom is 0.251 e. The largest absolute Gasteiger partial charge is 0.394 e. The lowest BCUT2D eigenvalue weighted by Crippen LogP contribution is -2.58. The van der Waals surface area contributed by atoms with Crippen molar-refractivity contribution in [1.29, 1.82) is 0 Å². The number of anilines is 2. The fraction of sp³-hybridized carbons (Fsp3) is 0.406. The van der Waals surface area contributed by atoms with E-state index in [1.54, 1.807) is 62.9 Å². The Labute approximate surface area is 264 Å². The second kappa shape index (κ2) is 12.6. The number of hydrogen-bond acceptors (Lipinski definition) is 5. The van der Waals surface area contributed by atoms with Crippen LogP contribution in [0.4, 0.5) is 11.4 Å². The van der Waals surface area contributed by atoms with Crippen LogP contribution in [0.25, 0.3) is 0 Å². The van der Waals surface area contributed by atoms with Crippen molar-refractivity contribution in [2.24, 2.45) is 11.8 Å². The molecule has 10 heteroatoms. The third kappa shape index (κ3) is 5.02. The first-order chi connectivity index (χ1) is 20.2. The highest BCUT2D eigenvalue weighted by molar-refractivity contribution is 9.09. The van der Waals surface area contributed by atoms with Crippen LogP contribution >= 0.6 is 39.3 Å². The van der Waals surface area contributed by atoms with Crippen molar-refractivity contribution in [3.8, 4) is 0 Å². The molecule has 0 saturated carbocycles. The van der Waals surface area contributed by atoms with E-state index >= 15 is 0 Å². The summed E-state index contributed by atoms with van der Waals surface area (Å²) in [6.07, 6.45) is 4.35. The number of benzene rings is 2. The average Bonchev–Trinajstić information content (AvgIpc) is 3.59. The third-order valence-electron chi connectivity index (χ3n) is 8.68. The highest BCUT2D eigenvalue weighted by Crippen LogP contribution is 2.68. The predicted molar refractivity (Wildman–Crippen MR) is 173 cm³/mol. The van der Waals surface area contributed by atoms with Crippen LogP contribution in [0.2, 0.25) is 5.02 Å². The number of amides is 3. The van der Waals surface area contributed by atoms with Crippen molar-refractivity contribution >= 4 is 68.4 Å². The van der Waals surface area contributed by atoms with Crippen molar-refractivity contribution in [1.82, 2.24) is 4.90 Å². The van der Waals surface area contributed by atoms with Crippen molar-refractivity contribution in [3.63, 3.8) is 0 Å². The molecule has 0 aromatic heterocycles. The molecule has 2 aromatic carbocycles. The fourth-order valence-electron chi connectivity index (χ4n) is 6.90. The number of carbonyl (C=O) groups is 3. The van der Waals surface area contributed by atoms with Gasteiger partial charge < -0.3 is 19.8 Å². The van der Waals surface area contributed by atoms with Gasteiger partial charge >= 0.3 is 0 Å². The summed E-state index contributed by atoms with van der Waals surface area (Å²) in [5, 5.41) is 10.8. The fourth-order valence-corrected chi connectivity index (χ4v) is 10.6. The molecule has 2 aromatic rings. The van der Waals surface area contributed by atoms with Crippen LogP contribution in [0.1, 0.15) is 19.8 Å². The van der Waals surface area contributed by atoms with Crippen molar-refractivity contribution in [3.05, 3.63) is 84.9 Å². The molecule has 0 aliphatic carbocycles. The number of aliphatic hydroxyl groups is 1. The molecular weight excluding hydrogens is 638 g/mol. The van der Waals surface area contributed by atoms with Gasteiger partial charge in [-0.15, -0.1) is 24.9 Å². The van der Waals surface area contributed by atoms with E-state index in [0.717, 1.165) is 5.69 Å². The first kappa shape index (κ1) is 30.9. The van der Waals surface area contributed by atoms with Gasteiger partial charge in [0.1, 0.15) is 6.04 Å². The Hall–Kier alpha value is -2.59. The van der Waals surface area contributed by atoms with E-state index in [4.69, 9.17) is 11.6 Å². The van der Waals surface area contributed by atoms with E-state index in [9.17, 15) is 19.5 Å². The molecule has 3 aliphatic heterocycles. The second-order valence-corrected chi connectivity index (χ2v) is 14.1. The minimum atomic E-state index is -0.875. The number of hydrogen-bond donors (Lipinski definition) is 1. The number of thioether (sulfide) groups is 1. The van der Waals surface area contributed by atoms with Gasteiger partial charge in [0.2, 0.25) is 11.8 Å². The summed E-state index contributed by atoms with van der Waals surface area (Å²) in [5.74, 6) is -2.03. The molecule has 3 fully saturated rings. The Morgan fingerprint density at radius 3 is 2.26 bits per heavy atom. The van der Waals surface area contributed by atoms with Crippen LogP contribution in [0, 0.1) is 11.8 Å². The first-order valence-electron chi connectivity index (χ1n) is 14.1. The Balaban J connectivity index is 1.61. The maximum absolute atomic E-state index is 14.7. The van der Waals surface area contributed by atoms with Gasteiger partial charge in [0.25, 0.3) is 5.91 Å². The standard InChI is InChI=1S/C32H35BrClN3O4S/c1-4-16-35(22-10-8-7-9-11-22)29(39)25-26-30(40)37(21(6-3)19-38)28(32(26)18-24(33)27(25)42-32)31(41)36(17-5-2)23-14-12-20(34)13-15-23/h4-5,7-15,21,24-28,38H,1-2,6,16-19H2,3H3/t21-,24?,25-,26-,27-,28?,32?/m0/s1. The van der Waals surface area contributed by atoms with Crippen molar-refractivity contribution in [2.45, 2.75) is 46.7 Å². The molecule has 3 saturated heterocycles. The lowest BCUT2D eigenvalue weighted by molar-refractivity contribution is -0.141. The number of fused-ring (bicyclic) bond motifs is 1. The Morgan fingerprint density at radius 2 is 1.69 bits per heavy atom. The minimum absolute atomic E-state index is 0.0744. The number of aliphatic hydroxyl groups excluding tert-OH is 1. The zero-order valence-corrected chi connectivity index (χ0v) is 26.6. The van der Waals surface area contributed by atoms with Gasteiger partial charge in [-0.3, -0.25) is 14.4 Å². The zero-order chi connectivity index (χ0) is 30.2. The molecule has 3 unspecified atom stereocenters. The van der Waals surface area contributed by atoms with Crippen LogP contribution in [-0.4, -0.2) is 74.3 Å². The van der Waals surface area contributed by atoms with E-state index in [1.807, 2.05) is 37.3 Å². The van der Waals surface area contributed by atoms with Crippen LogP contribution in [0.15, 0.2) is 79.9 Å². The number of carbonyl (C=O) groups excluding carboxylic acids is 3. The monoisotopic (exact) mass is 671 g/mol. The summed E-state index contributed by atoms with van der Waals surface area (Å²) < 4.78 is -0.849. The summed E-state index contributed by atoms with van der Waals surface area (Å²) in [6, 6.07) is 14.9. The SMILES string of the molecule is C=CCN(C(=O)C1N([C@@H](CC)CO)C(=O)[C@@H]2[C@H](C(=O)N(CC=C)c3ccccc3)[C@H]3SC12CC3Br)c1ccc(Cl)cc1. The summed E-state index contributed by atoms with van der Waals surface area (Å²) >= 11 is 11.6. The van der Waals surface area contributed by atoms with Gasteiger partial charge in [-0.05, 0) is 49.2 Å². The average molecular weight is 673 g/mol. The molecule has 42 heavy (non-hydrogen) atoms. The molecular formula is C32H35BrClN3O4S. The zero-order valence-electron chi connectivity index (χ0n) is 23.4. The third-order valence-corrected chi connectivity index (χ3v) is 12.2. The highest BCUT2D eigenvalue weighted by Gasteiger charge is 2.76. The normalized spacial score (nSPS) is 28.3. The summed E-state index contributed by atoms with van der Waals surface area (Å²) in [7, 11) is 0. The lowest BCUT2D eigenvalue weighted by atomic mass is 9.70. The summed E-state index contributed by atoms with van der Waals surface area (Å²) in [6.45, 7) is 9.86. The number of likely N-dealkylation sites (tertiary alicyclic amines) is 1. The smallest absolute Gasteiger partial charge is 0.251 e. The maximum atomic E-state index is 14.7. The molecule has 222 valence electrons. The van der Waals surface area contributed by atoms with Gasteiger partial charge in [-0.1, -0.05) is 64.8 Å². The van der Waals surface area contributed by atoms with Crippen molar-refractivity contribution < 1.29 is 19.5 Å². The van der Waals surface area contributed by atoms with Gasteiger partial charge in [0.05, 0.1) is 29.2 Å². The van der Waals surface area contributed by atoms with Crippen LogP contribution in [0.5, 0.6) is 0 Å². The molecule has 1 N–H and O–H groups in total. The molecule has 3 heterocycles. The molecule has 5 rings (SSSR count). The molecule has 1 spiro atoms. The van der Waals surface area contributed by atoms with Gasteiger partial charge in [-0.2, -0.15) is 0 Å². The van der Waals surface area contributed by atoms with Gasteiger partial charge in [0.15, 0.2) is 0 Å². The highest BCUT2D eigenvalue weighted by atomic mass is 79.9. The quantitative estimate of drug-likeness (QED) is 0.259. The van der Waals surface area contributed by atoms with E-state index in [1.165, 1.54) is 0 Å². The van der Waals surface area contributed by atoms with E-state index in [-0.39, 0.29) is 41.0 Å². The van der Waals surface area contributed by atoms with Gasteiger partial charge in [0, 0.05) is 39.6 Å². The number of alkyl halides is 1. The van der Waals surface area contributed by atoms with Crippen molar-refractivity contribution in [2.75, 3.05) is 29.5 Å². The molecule has 0 radical (unpaired) electrons. The second-order valence-electron chi connectivity index (χ2n) is 10.9. The van der Waals surface area contributed by atoms with E-state index in [2.05, 4.69) is 29.1 Å². The number of para-hydroxylation sites is 1. The van der Waals surface area contributed by atoms with Crippen LogP contribution in [0.3, 0.4) is 0 Å². The minimum Gasteiger partial charge on any atom is -0.394 e. The Bertz CT molecular complexity index is 1360. The topological polar surface area (TPSA) is 81.2 Å².